The molecule has 0 bridgehead atoms. The number of hydrogen-bond donors (Lipinski definition) is 1. The Morgan fingerprint density at radius 2 is 2.18 bits per heavy atom. The summed E-state index contributed by atoms with van der Waals surface area (Å²) in [6.07, 6.45) is 2.73. The monoisotopic (exact) mass is 406 g/mol. The van der Waals surface area contributed by atoms with Crippen LogP contribution in [0, 0.1) is 10.1 Å². The van der Waals surface area contributed by atoms with Gasteiger partial charge in [0.1, 0.15) is 10.7 Å². The van der Waals surface area contributed by atoms with E-state index < -0.39 is 10.9 Å². The van der Waals surface area contributed by atoms with Crippen LogP contribution in [0.25, 0.3) is 10.4 Å². The molecule has 28 heavy (non-hydrogen) atoms. The van der Waals surface area contributed by atoms with E-state index in [0.717, 1.165) is 5.06 Å². The number of carbonyl (C=O) groups is 2. The summed E-state index contributed by atoms with van der Waals surface area (Å²) in [6, 6.07) is 4.16. The largest absolute Gasteiger partial charge is 0.379 e. The average molecular weight is 406 g/mol. The first kappa shape index (κ1) is 21.1. The van der Waals surface area contributed by atoms with E-state index in [1.54, 1.807) is 0 Å². The Balaban J connectivity index is 1.71. The number of unbranched alkanes of at least 4 members (excludes halogenated alkanes) is 2. The number of benzene rings is 1. The van der Waals surface area contributed by atoms with Gasteiger partial charge in [-0.05, 0) is 24.4 Å². The highest BCUT2D eigenvalue weighted by atomic mass is 32.1. The fraction of sp³-hybridized carbons (Fsp3) is 0.438. The maximum Gasteiger partial charge on any atom is 0.333 e. The molecule has 1 aliphatic rings. The Morgan fingerprint density at radius 1 is 1.39 bits per heavy atom. The number of thiocarbonyl (C=S) groups is 1. The molecule has 1 heterocycles. The molecule has 1 saturated heterocycles. The van der Waals surface area contributed by atoms with Gasteiger partial charge in [-0.3, -0.25) is 14.9 Å². The molecule has 148 valence electrons. The van der Waals surface area contributed by atoms with E-state index in [2.05, 4.69) is 15.3 Å². The molecule has 1 amide bonds. The summed E-state index contributed by atoms with van der Waals surface area (Å²) in [4.78, 5) is 41.7. The maximum absolute atomic E-state index is 11.7. The van der Waals surface area contributed by atoms with Crippen LogP contribution in [0.4, 0.5) is 17.1 Å². The van der Waals surface area contributed by atoms with E-state index in [-0.39, 0.29) is 30.1 Å². The normalized spacial score (nSPS) is 13.2. The van der Waals surface area contributed by atoms with Crippen LogP contribution < -0.4 is 5.32 Å². The van der Waals surface area contributed by atoms with E-state index in [4.69, 9.17) is 22.6 Å². The molecular formula is C16H18N6O5S. The molecule has 0 aliphatic carbocycles. The number of nitrogens with one attached hydrogen (secondary N) is 1. The number of rotatable bonds is 10. The average Bonchev–Trinajstić information content (AvgIpc) is 2.97. The third-order valence-electron chi connectivity index (χ3n) is 3.91. The van der Waals surface area contributed by atoms with Gasteiger partial charge in [0.15, 0.2) is 0 Å². The molecule has 1 aromatic carbocycles. The van der Waals surface area contributed by atoms with Crippen molar-refractivity contribution in [2.45, 2.75) is 38.5 Å². The molecule has 0 unspecified atom stereocenters. The van der Waals surface area contributed by atoms with Crippen molar-refractivity contribution in [2.75, 3.05) is 11.9 Å². The summed E-state index contributed by atoms with van der Waals surface area (Å²) < 4.78 is 0. The van der Waals surface area contributed by atoms with Gasteiger partial charge in [-0.2, -0.15) is 0 Å². The minimum Gasteiger partial charge on any atom is -0.379 e. The topological polar surface area (TPSA) is 151 Å². The van der Waals surface area contributed by atoms with E-state index in [9.17, 15) is 19.7 Å². The molecule has 0 atom stereocenters. The number of nitro groups is 1. The summed E-state index contributed by atoms with van der Waals surface area (Å²) in [6.45, 7) is 0.464. The lowest BCUT2D eigenvalue weighted by Gasteiger charge is -2.14. The van der Waals surface area contributed by atoms with Gasteiger partial charge in [-0.1, -0.05) is 29.8 Å². The number of hydrogen-bond acceptors (Lipinski definition) is 8. The zero-order valence-electron chi connectivity index (χ0n) is 14.9. The fourth-order valence-electron chi connectivity index (χ4n) is 2.53. The molecule has 1 aliphatic heterocycles. The van der Waals surface area contributed by atoms with E-state index >= 15 is 0 Å². The van der Waals surface area contributed by atoms with Gasteiger partial charge in [0, 0.05) is 42.5 Å². The highest BCUT2D eigenvalue weighted by Gasteiger charge is 2.29. The van der Waals surface area contributed by atoms with Crippen LogP contribution in [0.3, 0.4) is 0 Å². The van der Waals surface area contributed by atoms with Crippen LogP contribution in [0.1, 0.15) is 38.5 Å². The molecule has 11 nitrogen and oxygen atoms in total. The van der Waals surface area contributed by atoms with E-state index in [1.807, 2.05) is 0 Å². The lowest BCUT2D eigenvalue weighted by atomic mass is 10.2. The predicted molar refractivity (Wildman–Crippen MR) is 104 cm³/mol. The maximum atomic E-state index is 11.7. The number of carbonyl (C=O) groups excluding carboxylic acids is 2. The molecule has 0 saturated carbocycles. The molecule has 1 fully saturated rings. The van der Waals surface area contributed by atoms with Crippen molar-refractivity contribution < 1.29 is 19.3 Å². The van der Waals surface area contributed by atoms with Crippen molar-refractivity contribution >= 4 is 46.1 Å². The Hall–Kier alpha value is -3.24. The molecule has 1 N–H and O–H groups in total. The highest BCUT2D eigenvalue weighted by molar-refractivity contribution is 7.80. The Morgan fingerprint density at radius 3 is 2.82 bits per heavy atom. The Kier molecular flexibility index (Phi) is 7.66. The van der Waals surface area contributed by atoms with Gasteiger partial charge in [-0.25, -0.2) is 4.79 Å². The van der Waals surface area contributed by atoms with Gasteiger partial charge in [0.25, 0.3) is 11.6 Å². The van der Waals surface area contributed by atoms with Crippen molar-refractivity contribution in [3.8, 4) is 0 Å². The molecule has 12 heteroatoms. The van der Waals surface area contributed by atoms with Gasteiger partial charge in [-0.15, -0.1) is 5.06 Å². The van der Waals surface area contributed by atoms with E-state index in [1.165, 1.54) is 18.2 Å². The van der Waals surface area contributed by atoms with Crippen molar-refractivity contribution in [3.63, 3.8) is 0 Å². The molecular weight excluding hydrogens is 388 g/mol. The molecule has 0 spiro atoms. The van der Waals surface area contributed by atoms with E-state index in [0.29, 0.717) is 42.9 Å². The van der Waals surface area contributed by atoms with Gasteiger partial charge in [0.05, 0.1) is 4.92 Å². The summed E-state index contributed by atoms with van der Waals surface area (Å²) in [5.74, 6) is -0.828. The minimum atomic E-state index is -0.557. The first-order chi connectivity index (χ1) is 13.4. The quantitative estimate of drug-likeness (QED) is 0.118. The summed E-state index contributed by atoms with van der Waals surface area (Å²) in [5.41, 5.74) is 8.70. The summed E-state index contributed by atoms with van der Waals surface area (Å²) in [5, 5.41) is 18.3. The van der Waals surface area contributed by atoms with Crippen LogP contribution >= 0.6 is 12.2 Å². The first-order valence-electron chi connectivity index (χ1n) is 8.56. The second-order valence-electron chi connectivity index (χ2n) is 5.93. The number of nitro benzene ring substituents is 1. The number of azide groups is 1. The number of nitrogens with zero attached hydrogens (tertiary/aromatic N) is 5. The number of amides is 1. The summed E-state index contributed by atoms with van der Waals surface area (Å²) in [7, 11) is 0. The fourth-order valence-corrected chi connectivity index (χ4v) is 2.78. The Labute approximate surface area is 165 Å². The lowest BCUT2D eigenvalue weighted by molar-refractivity contribution is -0.383. The SMILES string of the molecule is [N-]=[N+]=Nc1ccc(NCCCCCC(=O)ON2C(=O)CCC2=S)c([N+](=O)[O-])c1. The number of anilines is 1. The number of hydroxylamine groups is 2. The molecule has 2 rings (SSSR count). The highest BCUT2D eigenvalue weighted by Crippen LogP contribution is 2.29. The van der Waals surface area contributed by atoms with Crippen molar-refractivity contribution in [1.82, 2.24) is 5.06 Å². The second kappa shape index (κ2) is 10.2. The van der Waals surface area contributed by atoms with Crippen LogP contribution in [0.2, 0.25) is 0 Å². The van der Waals surface area contributed by atoms with Crippen LogP contribution in [0.15, 0.2) is 23.3 Å². The zero-order valence-corrected chi connectivity index (χ0v) is 15.7. The zero-order chi connectivity index (χ0) is 20.5. The predicted octanol–water partition coefficient (Wildman–Crippen LogP) is 3.92. The van der Waals surface area contributed by atoms with Crippen molar-refractivity contribution in [2.24, 2.45) is 5.11 Å². The van der Waals surface area contributed by atoms with Crippen LogP contribution in [-0.4, -0.2) is 33.4 Å². The lowest BCUT2D eigenvalue weighted by Crippen LogP contribution is -2.31. The van der Waals surface area contributed by atoms with Crippen LogP contribution in [0.5, 0.6) is 0 Å². The third kappa shape index (κ3) is 5.89. The minimum absolute atomic E-state index is 0.146. The molecule has 0 aromatic heterocycles. The van der Waals surface area contributed by atoms with Crippen molar-refractivity contribution in [1.29, 1.82) is 0 Å². The smallest absolute Gasteiger partial charge is 0.333 e. The molecule has 0 radical (unpaired) electrons. The van der Waals surface area contributed by atoms with Crippen molar-refractivity contribution in [3.05, 3.63) is 38.8 Å². The second-order valence-corrected chi connectivity index (χ2v) is 6.40. The van der Waals surface area contributed by atoms with Gasteiger partial charge < -0.3 is 10.2 Å². The van der Waals surface area contributed by atoms with Gasteiger partial charge >= 0.3 is 5.97 Å². The standard InChI is InChI=1S/C16H18N6O5S/c17-20-19-11-5-6-12(13(10-11)22(25)26)18-9-3-1-2-4-16(24)27-21-14(23)7-8-15(21)28/h5-6,10,18H,1-4,7-9H2. The van der Waals surface area contributed by atoms with Crippen LogP contribution in [-0.2, 0) is 14.4 Å². The Bertz CT molecular complexity index is 823. The third-order valence-corrected chi connectivity index (χ3v) is 4.28. The first-order valence-corrected chi connectivity index (χ1v) is 8.97. The summed E-state index contributed by atoms with van der Waals surface area (Å²) >= 11 is 4.95. The molecule has 1 aromatic rings. The van der Waals surface area contributed by atoms with Gasteiger partial charge in [0.2, 0.25) is 0 Å².